The fraction of sp³-hybridized carbons (Fsp3) is 0.938. The van der Waals surface area contributed by atoms with Crippen molar-refractivity contribution in [3.8, 4) is 0 Å². The molecule has 25 heavy (non-hydrogen) atoms. The molecule has 0 aliphatic carbocycles. The van der Waals surface area contributed by atoms with Gasteiger partial charge in [0.25, 0.3) is 0 Å². The van der Waals surface area contributed by atoms with Gasteiger partial charge in [0.05, 0.1) is 0 Å². The second-order valence-electron chi connectivity index (χ2n) is 5.95. The molecule has 0 spiro atoms. The fourth-order valence-corrected chi connectivity index (χ4v) is 2.82. The van der Waals surface area contributed by atoms with E-state index in [1.165, 1.54) is 64.2 Å². The summed E-state index contributed by atoms with van der Waals surface area (Å²) < 4.78 is 14.4. The van der Waals surface area contributed by atoms with Crippen LogP contribution in [0.15, 0.2) is 0 Å². The largest absolute Gasteiger partial charge is 1.00 e. The van der Waals surface area contributed by atoms with Gasteiger partial charge in [0, 0.05) is 6.42 Å². The molecule has 0 aromatic heterocycles. The summed E-state index contributed by atoms with van der Waals surface area (Å²) in [4.78, 5) is 28.0. The molecule has 0 aromatic carbocycles. The van der Waals surface area contributed by atoms with Gasteiger partial charge < -0.3 is 8.80 Å². The van der Waals surface area contributed by atoms with E-state index in [0.29, 0.717) is 6.42 Å². The van der Waals surface area contributed by atoms with Crippen molar-refractivity contribution in [2.45, 2.75) is 96.8 Å². The summed E-state index contributed by atoms with van der Waals surface area (Å²) in [6.07, 6.45) is 15.8. The van der Waals surface area contributed by atoms with Crippen LogP contribution < -0.4 is 88.7 Å². The Bertz CT molecular complexity index is 341. The molecule has 0 rings (SSSR count). The van der Waals surface area contributed by atoms with Crippen LogP contribution in [0.4, 0.5) is 0 Å². The number of phosphoric acid groups is 1. The van der Waals surface area contributed by atoms with Gasteiger partial charge in [-0.2, -0.15) is 0 Å². The Labute approximate surface area is 224 Å². The third-order valence-electron chi connectivity index (χ3n) is 3.71. The number of phosphoric ester groups is 1. The fourth-order valence-electron chi connectivity index (χ4n) is 2.47. The third-order valence-corrected chi connectivity index (χ3v) is 4.15. The van der Waals surface area contributed by atoms with Gasteiger partial charge in [-0.3, -0.25) is 14.6 Å². The molecule has 0 saturated heterocycles. The van der Waals surface area contributed by atoms with Crippen LogP contribution >= 0.6 is 7.82 Å². The molecule has 0 fully saturated rings. The van der Waals surface area contributed by atoms with E-state index in [2.05, 4.69) is 11.4 Å². The van der Waals surface area contributed by atoms with E-state index >= 15 is 0 Å². The van der Waals surface area contributed by atoms with E-state index in [1.807, 2.05) is 0 Å². The molecule has 0 aliphatic heterocycles. The van der Waals surface area contributed by atoms with E-state index in [4.69, 9.17) is 9.79 Å². The van der Waals surface area contributed by atoms with Crippen molar-refractivity contribution in [3.63, 3.8) is 0 Å². The maximum absolute atomic E-state index is 11.0. The summed E-state index contributed by atoms with van der Waals surface area (Å²) in [6.45, 7) is 2.24. The molecular formula is C16H36Na3O5P. The van der Waals surface area contributed by atoms with Gasteiger partial charge in [0.15, 0.2) is 0 Å². The zero-order valence-corrected chi connectivity index (χ0v) is 23.9. The van der Waals surface area contributed by atoms with E-state index in [9.17, 15) is 9.36 Å². The molecule has 138 valence electrons. The first-order chi connectivity index (χ1) is 10.5. The number of hydrogen-bond donors (Lipinski definition) is 2. The van der Waals surface area contributed by atoms with Crippen LogP contribution in [-0.2, 0) is 13.9 Å². The standard InChI is InChI=1S/C16H33O5P.3Na.3H/c1-2-3-4-5-6-7-8-9-10-11-12-13-14-15-16(17)21-22(18,19)20;;;;;;/h2-15H2,1H3,(H2,18,19,20);;;;;;/q;3*+1;3*-1. The maximum Gasteiger partial charge on any atom is 1.00 e. The normalized spacial score (nSPS) is 10.2. The molecule has 0 heterocycles. The van der Waals surface area contributed by atoms with Crippen LogP contribution in [0.25, 0.3) is 0 Å². The zero-order chi connectivity index (χ0) is 16.7. The predicted octanol–water partition coefficient (Wildman–Crippen LogP) is -3.55. The summed E-state index contributed by atoms with van der Waals surface area (Å²) in [6, 6.07) is 0. The van der Waals surface area contributed by atoms with E-state index in [-0.39, 0.29) is 99.4 Å². The van der Waals surface area contributed by atoms with Gasteiger partial charge in [0.1, 0.15) is 0 Å². The SMILES string of the molecule is CCCCCCCCCCCCCCCC(=O)OP(=O)(O)O.[H-].[H-].[H-].[Na+].[Na+].[Na+]. The molecule has 0 amide bonds. The second kappa shape index (κ2) is 24.7. The summed E-state index contributed by atoms with van der Waals surface area (Å²) in [5.41, 5.74) is 0. The summed E-state index contributed by atoms with van der Waals surface area (Å²) in [7, 11) is -4.66. The van der Waals surface area contributed by atoms with Crippen molar-refractivity contribution in [2.75, 3.05) is 0 Å². The van der Waals surface area contributed by atoms with Crippen molar-refractivity contribution in [1.29, 1.82) is 0 Å². The summed E-state index contributed by atoms with van der Waals surface area (Å²) in [5.74, 6) is -0.809. The van der Waals surface area contributed by atoms with E-state index in [1.54, 1.807) is 0 Å². The number of rotatable bonds is 15. The topological polar surface area (TPSA) is 83.8 Å². The van der Waals surface area contributed by atoms with Gasteiger partial charge >= 0.3 is 102 Å². The second-order valence-corrected chi connectivity index (χ2v) is 7.11. The molecule has 0 aromatic rings. The van der Waals surface area contributed by atoms with Gasteiger partial charge in [0.2, 0.25) is 0 Å². The Hall–Kier alpha value is 2.62. The van der Waals surface area contributed by atoms with E-state index in [0.717, 1.165) is 12.8 Å². The Morgan fingerprint density at radius 3 is 1.40 bits per heavy atom. The first-order valence-electron chi connectivity index (χ1n) is 8.73. The third kappa shape index (κ3) is 31.5. The molecule has 9 heteroatoms. The van der Waals surface area contributed by atoms with Crippen LogP contribution in [-0.4, -0.2) is 15.8 Å². The Balaban J connectivity index is -0.000000147. The van der Waals surface area contributed by atoms with Gasteiger partial charge in [-0.25, -0.2) is 4.57 Å². The van der Waals surface area contributed by atoms with Crippen LogP contribution in [0.1, 0.15) is 101 Å². The Morgan fingerprint density at radius 2 is 1.08 bits per heavy atom. The molecular weight excluding hydrogens is 372 g/mol. The predicted molar refractivity (Wildman–Crippen MR) is 91.8 cm³/mol. The first-order valence-corrected chi connectivity index (χ1v) is 10.3. The van der Waals surface area contributed by atoms with Crippen molar-refractivity contribution in [1.82, 2.24) is 0 Å². The molecule has 0 saturated carbocycles. The smallest absolute Gasteiger partial charge is 1.00 e. The first kappa shape index (κ1) is 35.1. The number of hydrogen-bond acceptors (Lipinski definition) is 3. The van der Waals surface area contributed by atoms with Crippen molar-refractivity contribution < 1.29 is 117 Å². The molecule has 0 atom stereocenters. The summed E-state index contributed by atoms with van der Waals surface area (Å²) in [5, 5.41) is 0. The molecule has 5 nitrogen and oxygen atoms in total. The molecule has 0 unspecified atom stereocenters. The maximum atomic E-state index is 11.0. The zero-order valence-electron chi connectivity index (χ0n) is 20.0. The van der Waals surface area contributed by atoms with Crippen molar-refractivity contribution >= 4 is 13.8 Å². The monoisotopic (exact) mass is 408 g/mol. The average Bonchev–Trinajstić information content (AvgIpc) is 2.42. The van der Waals surface area contributed by atoms with Crippen LogP contribution in [0.2, 0.25) is 0 Å². The number of unbranched alkanes of at least 4 members (excludes halogenated alkanes) is 12. The van der Waals surface area contributed by atoms with Gasteiger partial charge in [-0.1, -0.05) is 84.0 Å². The molecule has 0 bridgehead atoms. The summed E-state index contributed by atoms with van der Waals surface area (Å²) >= 11 is 0. The minimum atomic E-state index is -4.66. The molecule has 0 aliphatic rings. The van der Waals surface area contributed by atoms with Crippen LogP contribution in [0.3, 0.4) is 0 Å². The van der Waals surface area contributed by atoms with Crippen molar-refractivity contribution in [3.05, 3.63) is 0 Å². The van der Waals surface area contributed by atoms with Crippen LogP contribution in [0, 0.1) is 0 Å². The number of carbonyl (C=O) groups is 1. The van der Waals surface area contributed by atoms with Gasteiger partial charge in [-0.15, -0.1) is 0 Å². The van der Waals surface area contributed by atoms with Crippen molar-refractivity contribution in [2.24, 2.45) is 0 Å². The average molecular weight is 408 g/mol. The Kier molecular flexibility index (Phi) is 34.6. The molecule has 2 N–H and O–H groups in total. The quantitative estimate of drug-likeness (QED) is 0.167. The van der Waals surface area contributed by atoms with E-state index < -0.39 is 13.8 Å². The van der Waals surface area contributed by atoms with Crippen LogP contribution in [0.5, 0.6) is 0 Å². The molecule has 0 radical (unpaired) electrons. The Morgan fingerprint density at radius 1 is 0.760 bits per heavy atom. The van der Waals surface area contributed by atoms with Gasteiger partial charge in [-0.05, 0) is 6.42 Å². The minimum Gasteiger partial charge on any atom is -1.00 e. The number of carbonyl (C=O) groups excluding carboxylic acids is 1. The minimum absolute atomic E-state index is 0.